The third kappa shape index (κ3) is 2.42. The maximum atomic E-state index is 12.9. The number of nitrogens with zero attached hydrogens (tertiary/aromatic N) is 1. The summed E-state index contributed by atoms with van der Waals surface area (Å²) in [7, 11) is 0. The molecule has 92 valence electrons. The minimum Gasteiger partial charge on any atom is -0.272 e. The van der Waals surface area contributed by atoms with E-state index >= 15 is 0 Å². The van der Waals surface area contributed by atoms with Crippen LogP contribution < -0.4 is 0 Å². The molecule has 3 nitrogen and oxygen atoms in total. The highest BCUT2D eigenvalue weighted by atomic mass is 35.5. The van der Waals surface area contributed by atoms with Crippen molar-refractivity contribution in [3.8, 4) is 0 Å². The fourth-order valence-corrected chi connectivity index (χ4v) is 1.85. The van der Waals surface area contributed by atoms with Crippen LogP contribution in [-0.2, 0) is 16.2 Å². The summed E-state index contributed by atoms with van der Waals surface area (Å²) in [6.45, 7) is 4.23. The van der Waals surface area contributed by atoms with Crippen LogP contribution in [0.5, 0.6) is 0 Å². The number of hydrogen-bond acceptors (Lipinski definition) is 2. The Hall–Kier alpha value is -1.13. The van der Waals surface area contributed by atoms with Crippen LogP contribution in [0.3, 0.4) is 0 Å². The zero-order valence-electron chi connectivity index (χ0n) is 9.67. The molecular weight excluding hydrogens is 245 g/mol. The molecule has 1 aromatic rings. The minimum atomic E-state index is -0.507. The molecule has 0 bridgehead atoms. The van der Waals surface area contributed by atoms with E-state index in [1.54, 1.807) is 6.07 Å². The fraction of sp³-hybridized carbons (Fsp3) is 0.417. The van der Waals surface area contributed by atoms with Crippen molar-refractivity contribution < 1.29 is 14.0 Å². The number of amides is 1. The molecule has 0 saturated carbocycles. The van der Waals surface area contributed by atoms with Crippen molar-refractivity contribution in [1.29, 1.82) is 0 Å². The predicted octanol–water partition coefficient (Wildman–Crippen LogP) is 2.78. The van der Waals surface area contributed by atoms with E-state index < -0.39 is 11.2 Å². The summed E-state index contributed by atoms with van der Waals surface area (Å²) in [6, 6.07) is 4.09. The molecule has 0 aromatic heterocycles. The molecule has 17 heavy (non-hydrogen) atoms. The lowest BCUT2D eigenvalue weighted by atomic mass is 9.95. The van der Waals surface area contributed by atoms with Gasteiger partial charge in [0.1, 0.15) is 5.82 Å². The first-order valence-corrected chi connectivity index (χ1v) is 5.67. The van der Waals surface area contributed by atoms with Gasteiger partial charge < -0.3 is 0 Å². The molecule has 0 unspecified atom stereocenters. The zero-order chi connectivity index (χ0) is 12.6. The van der Waals surface area contributed by atoms with E-state index in [2.05, 4.69) is 0 Å². The molecule has 1 aromatic carbocycles. The summed E-state index contributed by atoms with van der Waals surface area (Å²) in [6.07, 6.45) is 0. The third-order valence-corrected chi connectivity index (χ3v) is 3.07. The average molecular weight is 258 g/mol. The van der Waals surface area contributed by atoms with Gasteiger partial charge in [-0.15, -0.1) is 0 Å². The number of rotatable bonds is 2. The van der Waals surface area contributed by atoms with Crippen molar-refractivity contribution in [1.82, 2.24) is 5.06 Å². The lowest BCUT2D eigenvalue weighted by Crippen LogP contribution is -2.30. The molecular formula is C12H13ClFNO2. The van der Waals surface area contributed by atoms with Crippen LogP contribution in [0.15, 0.2) is 18.2 Å². The number of hydrogen-bond donors (Lipinski definition) is 0. The monoisotopic (exact) mass is 257 g/mol. The van der Waals surface area contributed by atoms with E-state index in [0.29, 0.717) is 17.2 Å². The minimum absolute atomic E-state index is 0.0853. The number of benzene rings is 1. The van der Waals surface area contributed by atoms with E-state index in [1.807, 2.05) is 13.8 Å². The Labute approximate surface area is 104 Å². The molecule has 1 fully saturated rings. The Morgan fingerprint density at radius 3 is 2.76 bits per heavy atom. The quantitative estimate of drug-likeness (QED) is 0.815. The van der Waals surface area contributed by atoms with Gasteiger partial charge in [-0.05, 0) is 31.5 Å². The van der Waals surface area contributed by atoms with Crippen molar-refractivity contribution in [3.63, 3.8) is 0 Å². The maximum absolute atomic E-state index is 12.9. The van der Waals surface area contributed by atoms with Crippen LogP contribution in [0.25, 0.3) is 0 Å². The van der Waals surface area contributed by atoms with E-state index in [0.717, 1.165) is 0 Å². The summed E-state index contributed by atoms with van der Waals surface area (Å²) in [5.41, 5.74) is 0.158. The van der Waals surface area contributed by atoms with Crippen molar-refractivity contribution in [2.45, 2.75) is 20.4 Å². The third-order valence-electron chi connectivity index (χ3n) is 2.72. The number of halogens is 2. The first kappa shape index (κ1) is 12.3. The van der Waals surface area contributed by atoms with Crippen molar-refractivity contribution >= 4 is 17.5 Å². The van der Waals surface area contributed by atoms with E-state index in [1.165, 1.54) is 17.2 Å². The van der Waals surface area contributed by atoms with Crippen LogP contribution in [0.1, 0.15) is 19.4 Å². The second kappa shape index (κ2) is 4.27. The number of carbonyl (C=O) groups excluding carboxylic acids is 1. The molecule has 0 N–H and O–H groups in total. The predicted molar refractivity (Wildman–Crippen MR) is 61.7 cm³/mol. The Bertz CT molecular complexity index is 462. The Morgan fingerprint density at radius 1 is 1.53 bits per heavy atom. The highest BCUT2D eigenvalue weighted by Crippen LogP contribution is 2.29. The van der Waals surface area contributed by atoms with Crippen LogP contribution in [0.4, 0.5) is 4.39 Å². The zero-order valence-corrected chi connectivity index (χ0v) is 10.4. The molecule has 1 saturated heterocycles. The Kier molecular flexibility index (Phi) is 3.10. The van der Waals surface area contributed by atoms with Gasteiger partial charge in [-0.25, -0.2) is 9.45 Å². The second-order valence-electron chi connectivity index (χ2n) is 4.73. The van der Waals surface area contributed by atoms with Gasteiger partial charge in [0.25, 0.3) is 5.91 Å². The molecule has 5 heteroatoms. The van der Waals surface area contributed by atoms with Crippen LogP contribution >= 0.6 is 11.6 Å². The van der Waals surface area contributed by atoms with E-state index in [4.69, 9.17) is 16.4 Å². The SMILES string of the molecule is CC1(C)CON(Cc2ccc(F)cc2Cl)C1=O. The molecule has 1 amide bonds. The Balaban J connectivity index is 2.15. The summed E-state index contributed by atoms with van der Waals surface area (Å²) in [4.78, 5) is 17.2. The summed E-state index contributed by atoms with van der Waals surface area (Å²) >= 11 is 5.89. The van der Waals surface area contributed by atoms with Crippen LogP contribution in [0, 0.1) is 11.2 Å². The largest absolute Gasteiger partial charge is 0.272 e. The molecule has 1 aliphatic heterocycles. The van der Waals surface area contributed by atoms with Gasteiger partial charge >= 0.3 is 0 Å². The summed E-state index contributed by atoms with van der Waals surface area (Å²) in [5.74, 6) is -0.481. The molecule has 2 rings (SSSR count). The average Bonchev–Trinajstić information content (AvgIpc) is 2.49. The normalized spacial score (nSPS) is 18.8. The standard InChI is InChI=1S/C12H13ClFNO2/c1-12(2)7-17-15(11(12)16)6-8-3-4-9(14)5-10(8)13/h3-5H,6-7H2,1-2H3. The first-order chi connectivity index (χ1) is 7.90. The lowest BCUT2D eigenvalue weighted by molar-refractivity contribution is -0.165. The maximum Gasteiger partial charge on any atom is 0.254 e. The molecule has 0 radical (unpaired) electrons. The van der Waals surface area contributed by atoms with Crippen LogP contribution in [-0.4, -0.2) is 17.6 Å². The van der Waals surface area contributed by atoms with Gasteiger partial charge in [-0.2, -0.15) is 0 Å². The smallest absolute Gasteiger partial charge is 0.254 e. The topological polar surface area (TPSA) is 29.5 Å². The second-order valence-corrected chi connectivity index (χ2v) is 5.14. The van der Waals surface area contributed by atoms with Crippen molar-refractivity contribution in [2.75, 3.05) is 6.61 Å². The lowest BCUT2D eigenvalue weighted by Gasteiger charge is -2.17. The van der Waals surface area contributed by atoms with Gasteiger partial charge in [0.05, 0.1) is 18.6 Å². The van der Waals surface area contributed by atoms with Crippen LogP contribution in [0.2, 0.25) is 5.02 Å². The summed E-state index contributed by atoms with van der Waals surface area (Å²) in [5, 5.41) is 1.57. The number of carbonyl (C=O) groups is 1. The van der Waals surface area contributed by atoms with Crippen molar-refractivity contribution in [3.05, 3.63) is 34.6 Å². The van der Waals surface area contributed by atoms with Gasteiger partial charge in [-0.3, -0.25) is 9.63 Å². The van der Waals surface area contributed by atoms with Gasteiger partial charge in [0, 0.05) is 5.02 Å². The number of hydroxylamine groups is 2. The van der Waals surface area contributed by atoms with E-state index in [-0.39, 0.29) is 12.5 Å². The molecule has 0 aliphatic carbocycles. The first-order valence-electron chi connectivity index (χ1n) is 5.29. The highest BCUT2D eigenvalue weighted by Gasteiger charge is 2.40. The highest BCUT2D eigenvalue weighted by molar-refractivity contribution is 6.31. The molecule has 0 atom stereocenters. The van der Waals surface area contributed by atoms with E-state index in [9.17, 15) is 9.18 Å². The van der Waals surface area contributed by atoms with Gasteiger partial charge in [-0.1, -0.05) is 17.7 Å². The van der Waals surface area contributed by atoms with Gasteiger partial charge in [0.2, 0.25) is 0 Å². The van der Waals surface area contributed by atoms with Gasteiger partial charge in [0.15, 0.2) is 0 Å². The molecule has 0 spiro atoms. The molecule has 1 aliphatic rings. The summed E-state index contributed by atoms with van der Waals surface area (Å²) < 4.78 is 12.9. The fourth-order valence-electron chi connectivity index (χ4n) is 1.62. The van der Waals surface area contributed by atoms with Crippen molar-refractivity contribution in [2.24, 2.45) is 5.41 Å². The molecule has 1 heterocycles. The Morgan fingerprint density at radius 2 is 2.24 bits per heavy atom.